The van der Waals surface area contributed by atoms with Gasteiger partial charge in [-0.25, -0.2) is 0 Å². The van der Waals surface area contributed by atoms with Crippen molar-refractivity contribution >= 4 is 22.7 Å². The van der Waals surface area contributed by atoms with E-state index in [1.165, 1.54) is 33.4 Å². The average Bonchev–Trinajstić information content (AvgIpc) is 2.90. The Labute approximate surface area is 212 Å². The lowest BCUT2D eigenvalue weighted by Gasteiger charge is -2.22. The highest BCUT2D eigenvalue weighted by atomic mass is 14.5. The molecule has 0 aliphatic carbocycles. The first kappa shape index (κ1) is 23.1. The van der Waals surface area contributed by atoms with E-state index >= 15 is 0 Å². The smallest absolute Gasteiger partial charge is 0.0340 e. The van der Waals surface area contributed by atoms with Crippen molar-refractivity contribution in [1.29, 1.82) is 0 Å². The Morgan fingerprint density at radius 1 is 0.250 bits per heavy atom. The Kier molecular flexibility index (Phi) is 6.33. The third-order valence-electron chi connectivity index (χ3n) is 6.68. The van der Waals surface area contributed by atoms with Crippen molar-refractivity contribution in [2.45, 2.75) is 11.8 Å². The van der Waals surface area contributed by atoms with Crippen LogP contribution in [0.3, 0.4) is 0 Å². The summed E-state index contributed by atoms with van der Waals surface area (Å²) in [6.07, 6.45) is 0. The Morgan fingerprint density at radius 3 is 0.556 bits per heavy atom. The molecule has 5 aromatic carbocycles. The summed E-state index contributed by atoms with van der Waals surface area (Å²) >= 11 is 0. The molecule has 0 radical (unpaired) electrons. The molecule has 0 aliphatic rings. The molecule has 0 saturated heterocycles. The molecule has 4 nitrogen and oxygen atoms in total. The number of hydrogen-bond donors (Lipinski definition) is 4. The van der Waals surface area contributed by atoms with Crippen LogP contribution in [0.15, 0.2) is 121 Å². The first-order valence-electron chi connectivity index (χ1n) is 12.0. The molecule has 0 aromatic heterocycles. The largest absolute Gasteiger partial charge is 0.399 e. The molecule has 0 atom stereocenters. The van der Waals surface area contributed by atoms with Gasteiger partial charge in [0.1, 0.15) is 0 Å². The van der Waals surface area contributed by atoms with E-state index in [0.29, 0.717) is 0 Å². The highest BCUT2D eigenvalue weighted by molar-refractivity contribution is 5.53. The zero-order valence-corrected chi connectivity index (χ0v) is 20.0. The van der Waals surface area contributed by atoms with Crippen molar-refractivity contribution in [3.63, 3.8) is 0 Å². The van der Waals surface area contributed by atoms with Gasteiger partial charge in [-0.3, -0.25) is 0 Å². The summed E-state index contributed by atoms with van der Waals surface area (Å²) in [4.78, 5) is 0. The maximum absolute atomic E-state index is 5.97. The van der Waals surface area contributed by atoms with Crippen LogP contribution in [0, 0.1) is 0 Å². The van der Waals surface area contributed by atoms with Crippen LogP contribution < -0.4 is 22.9 Å². The van der Waals surface area contributed by atoms with E-state index in [0.717, 1.165) is 22.7 Å². The summed E-state index contributed by atoms with van der Waals surface area (Å²) in [6, 6.07) is 41.2. The van der Waals surface area contributed by atoms with Gasteiger partial charge in [-0.05, 0) is 81.9 Å². The Morgan fingerprint density at radius 2 is 0.389 bits per heavy atom. The average molecular weight is 471 g/mol. The molecule has 0 saturated carbocycles. The van der Waals surface area contributed by atoms with E-state index in [9.17, 15) is 0 Å². The molecule has 0 amide bonds. The van der Waals surface area contributed by atoms with Crippen LogP contribution in [0.4, 0.5) is 22.7 Å². The molecule has 36 heavy (non-hydrogen) atoms. The van der Waals surface area contributed by atoms with Crippen molar-refractivity contribution < 1.29 is 0 Å². The van der Waals surface area contributed by atoms with Crippen LogP contribution >= 0.6 is 0 Å². The SMILES string of the molecule is Nc1ccc(C(c2ccc(N)cc2)c2ccc(C(c3ccc(N)cc3)c3ccc(N)cc3)cc2)cc1. The van der Waals surface area contributed by atoms with Gasteiger partial charge in [0, 0.05) is 34.6 Å². The fourth-order valence-corrected chi connectivity index (χ4v) is 4.79. The quantitative estimate of drug-likeness (QED) is 0.171. The van der Waals surface area contributed by atoms with Gasteiger partial charge >= 0.3 is 0 Å². The van der Waals surface area contributed by atoms with Gasteiger partial charge in [-0.1, -0.05) is 72.8 Å². The monoisotopic (exact) mass is 470 g/mol. The van der Waals surface area contributed by atoms with Crippen LogP contribution in [0.2, 0.25) is 0 Å². The number of nitrogens with two attached hydrogens (primary N) is 4. The summed E-state index contributed by atoms with van der Waals surface area (Å²) in [5, 5.41) is 0. The molecule has 4 heteroatoms. The molecule has 0 unspecified atom stereocenters. The number of benzene rings is 5. The summed E-state index contributed by atoms with van der Waals surface area (Å²) in [5.74, 6) is 0.124. The molecule has 0 bridgehead atoms. The second kappa shape index (κ2) is 9.88. The van der Waals surface area contributed by atoms with Gasteiger partial charge in [-0.15, -0.1) is 0 Å². The minimum absolute atomic E-state index is 0.0618. The van der Waals surface area contributed by atoms with Crippen LogP contribution in [-0.4, -0.2) is 0 Å². The molecule has 0 spiro atoms. The number of hydrogen-bond acceptors (Lipinski definition) is 4. The topological polar surface area (TPSA) is 104 Å². The van der Waals surface area contributed by atoms with Crippen molar-refractivity contribution in [2.75, 3.05) is 22.9 Å². The minimum Gasteiger partial charge on any atom is -0.399 e. The molecule has 0 heterocycles. The predicted molar refractivity (Wildman–Crippen MR) is 152 cm³/mol. The third-order valence-corrected chi connectivity index (χ3v) is 6.68. The number of nitrogen functional groups attached to an aromatic ring is 4. The summed E-state index contributed by atoms with van der Waals surface area (Å²) in [5.41, 5.74) is 34.0. The first-order chi connectivity index (χ1) is 17.5. The molecule has 8 N–H and O–H groups in total. The van der Waals surface area contributed by atoms with E-state index in [1.807, 2.05) is 48.5 Å². The normalized spacial score (nSPS) is 11.2. The Hall–Kier alpha value is -4.70. The predicted octanol–water partition coefficient (Wildman–Crippen LogP) is 6.38. The number of anilines is 4. The van der Waals surface area contributed by atoms with Gasteiger partial charge in [0.15, 0.2) is 0 Å². The number of rotatable bonds is 6. The Balaban J connectivity index is 1.57. The Bertz CT molecular complexity index is 1220. The highest BCUT2D eigenvalue weighted by Crippen LogP contribution is 2.36. The maximum atomic E-state index is 5.97. The third kappa shape index (κ3) is 4.89. The van der Waals surface area contributed by atoms with Crippen molar-refractivity contribution in [3.05, 3.63) is 155 Å². The minimum atomic E-state index is 0.0618. The molecule has 0 aliphatic heterocycles. The van der Waals surface area contributed by atoms with Crippen LogP contribution in [0.1, 0.15) is 45.2 Å². The van der Waals surface area contributed by atoms with E-state index in [4.69, 9.17) is 22.9 Å². The van der Waals surface area contributed by atoms with Gasteiger partial charge in [-0.2, -0.15) is 0 Å². The van der Waals surface area contributed by atoms with Crippen molar-refractivity contribution in [1.82, 2.24) is 0 Å². The van der Waals surface area contributed by atoms with Gasteiger partial charge < -0.3 is 22.9 Å². The first-order valence-corrected chi connectivity index (χ1v) is 12.0. The van der Waals surface area contributed by atoms with E-state index in [2.05, 4.69) is 72.8 Å². The standard InChI is InChI=1S/C32H30N4/c33-27-13-5-23(6-14-27)31(24-7-15-28(34)16-8-24)21-1-2-22(4-3-21)32(25-9-17-29(35)18-10-25)26-11-19-30(36)20-12-26/h1-20,31-32H,33-36H2. The van der Waals surface area contributed by atoms with Crippen molar-refractivity contribution in [2.24, 2.45) is 0 Å². The van der Waals surface area contributed by atoms with Crippen LogP contribution in [0.25, 0.3) is 0 Å². The van der Waals surface area contributed by atoms with Crippen LogP contribution in [-0.2, 0) is 0 Å². The molecular weight excluding hydrogens is 440 g/mol. The zero-order valence-electron chi connectivity index (χ0n) is 20.0. The van der Waals surface area contributed by atoms with Crippen LogP contribution in [0.5, 0.6) is 0 Å². The van der Waals surface area contributed by atoms with E-state index in [-0.39, 0.29) is 11.8 Å². The van der Waals surface area contributed by atoms with Gasteiger partial charge in [0.25, 0.3) is 0 Å². The molecule has 0 fully saturated rings. The lowest BCUT2D eigenvalue weighted by molar-refractivity contribution is 0.952. The van der Waals surface area contributed by atoms with E-state index in [1.54, 1.807) is 0 Å². The highest BCUT2D eigenvalue weighted by Gasteiger charge is 2.20. The second-order valence-electron chi connectivity index (χ2n) is 9.20. The maximum Gasteiger partial charge on any atom is 0.0340 e. The van der Waals surface area contributed by atoms with Gasteiger partial charge in [0.2, 0.25) is 0 Å². The van der Waals surface area contributed by atoms with E-state index < -0.39 is 0 Å². The molecule has 5 rings (SSSR count). The van der Waals surface area contributed by atoms with Crippen molar-refractivity contribution in [3.8, 4) is 0 Å². The summed E-state index contributed by atoms with van der Waals surface area (Å²) < 4.78 is 0. The molecular formula is C32H30N4. The summed E-state index contributed by atoms with van der Waals surface area (Å²) in [6.45, 7) is 0. The summed E-state index contributed by atoms with van der Waals surface area (Å²) in [7, 11) is 0. The fourth-order valence-electron chi connectivity index (χ4n) is 4.79. The zero-order chi connectivity index (χ0) is 25.1. The second-order valence-corrected chi connectivity index (χ2v) is 9.20. The molecule has 5 aromatic rings. The lowest BCUT2D eigenvalue weighted by atomic mass is 9.81. The molecule has 178 valence electrons. The van der Waals surface area contributed by atoms with Gasteiger partial charge in [0.05, 0.1) is 0 Å². The fraction of sp³-hybridized carbons (Fsp3) is 0.0625. The lowest BCUT2D eigenvalue weighted by Crippen LogP contribution is -2.07.